The molecular weight excluding hydrogens is 250 g/mol. The van der Waals surface area contributed by atoms with Gasteiger partial charge in [0.2, 0.25) is 0 Å². The zero-order valence-electron chi connectivity index (χ0n) is 12.1. The predicted molar refractivity (Wildman–Crippen MR) is 79.9 cm³/mol. The first-order valence-corrected chi connectivity index (χ1v) is 7.68. The Morgan fingerprint density at radius 1 is 1.25 bits per heavy atom. The van der Waals surface area contributed by atoms with Crippen LogP contribution in [-0.2, 0) is 4.79 Å². The minimum atomic E-state index is -0.766. The van der Waals surface area contributed by atoms with Gasteiger partial charge in [-0.2, -0.15) is 0 Å². The molecule has 2 aliphatic carbocycles. The molecule has 2 aliphatic rings. The van der Waals surface area contributed by atoms with Gasteiger partial charge in [0.15, 0.2) is 0 Å². The van der Waals surface area contributed by atoms with Gasteiger partial charge < -0.3 is 10.4 Å². The molecule has 1 aromatic rings. The van der Waals surface area contributed by atoms with Gasteiger partial charge in [-0.3, -0.25) is 0 Å². The molecule has 2 atom stereocenters. The second-order valence-corrected chi connectivity index (χ2v) is 6.52. The first-order chi connectivity index (χ1) is 9.61. The maximum absolute atomic E-state index is 11.9. The number of hydrogen-bond acceptors (Lipinski definition) is 2. The van der Waals surface area contributed by atoms with E-state index in [1.807, 2.05) is 31.2 Å². The molecule has 1 aromatic carbocycles. The minimum absolute atomic E-state index is 0.594. The normalized spacial score (nSPS) is 29.9. The Hall–Kier alpha value is -1.51. The number of aryl methyl sites for hydroxylation is 1. The highest BCUT2D eigenvalue weighted by Gasteiger charge is 2.46. The fraction of sp³-hybridized carbons (Fsp3) is 0.588. The molecular formula is C17H23NO2. The number of para-hydroxylation sites is 1. The van der Waals surface area contributed by atoms with Crippen LogP contribution in [0.15, 0.2) is 24.3 Å². The number of carboxylic acids is 1. The fourth-order valence-electron chi connectivity index (χ4n) is 3.62. The van der Waals surface area contributed by atoms with Crippen LogP contribution >= 0.6 is 0 Å². The summed E-state index contributed by atoms with van der Waals surface area (Å²) in [5.74, 6) is 0.690. The van der Waals surface area contributed by atoms with E-state index in [0.717, 1.165) is 36.4 Å². The van der Waals surface area contributed by atoms with Crippen LogP contribution in [0.25, 0.3) is 0 Å². The Balaban J connectivity index is 1.84. The highest BCUT2D eigenvalue weighted by molar-refractivity contribution is 5.83. The third-order valence-corrected chi connectivity index (χ3v) is 5.01. The van der Waals surface area contributed by atoms with Crippen LogP contribution in [-0.4, -0.2) is 16.6 Å². The second-order valence-electron chi connectivity index (χ2n) is 6.52. The van der Waals surface area contributed by atoms with Crippen molar-refractivity contribution in [3.8, 4) is 0 Å². The minimum Gasteiger partial charge on any atom is -0.480 e. The van der Waals surface area contributed by atoms with E-state index in [1.54, 1.807) is 0 Å². The van der Waals surface area contributed by atoms with Gasteiger partial charge in [0.1, 0.15) is 5.54 Å². The van der Waals surface area contributed by atoms with Crippen molar-refractivity contribution in [1.29, 1.82) is 0 Å². The van der Waals surface area contributed by atoms with Crippen LogP contribution in [0, 0.1) is 18.8 Å². The molecule has 3 nitrogen and oxygen atoms in total. The Morgan fingerprint density at radius 3 is 2.65 bits per heavy atom. The van der Waals surface area contributed by atoms with Crippen molar-refractivity contribution in [3.63, 3.8) is 0 Å². The summed E-state index contributed by atoms with van der Waals surface area (Å²) in [5, 5.41) is 13.2. The van der Waals surface area contributed by atoms with Gasteiger partial charge in [0.25, 0.3) is 0 Å². The first kappa shape index (κ1) is 13.5. The van der Waals surface area contributed by atoms with E-state index < -0.39 is 11.5 Å². The summed E-state index contributed by atoms with van der Waals surface area (Å²) in [6, 6.07) is 7.97. The molecule has 0 radical (unpaired) electrons. The lowest BCUT2D eigenvalue weighted by Gasteiger charge is -2.39. The number of benzene rings is 1. The van der Waals surface area contributed by atoms with E-state index in [4.69, 9.17) is 0 Å². The molecule has 0 heterocycles. The molecule has 0 aliphatic heterocycles. The fourth-order valence-corrected chi connectivity index (χ4v) is 3.62. The Bertz CT molecular complexity index is 509. The zero-order chi connectivity index (χ0) is 14.2. The van der Waals surface area contributed by atoms with Crippen molar-refractivity contribution >= 4 is 11.7 Å². The number of carbonyl (C=O) groups is 1. The summed E-state index contributed by atoms with van der Waals surface area (Å²) < 4.78 is 0. The van der Waals surface area contributed by atoms with Gasteiger partial charge in [-0.15, -0.1) is 0 Å². The number of rotatable bonds is 4. The SMILES string of the molecule is Cc1ccccc1NC1(C(=O)O)CCCC(C2CC2)C1. The van der Waals surface area contributed by atoms with Crippen LogP contribution in [0.1, 0.15) is 44.1 Å². The number of aliphatic carboxylic acids is 1. The maximum Gasteiger partial charge on any atom is 0.329 e. The van der Waals surface area contributed by atoms with E-state index in [9.17, 15) is 9.90 Å². The quantitative estimate of drug-likeness (QED) is 0.876. The lowest BCUT2D eigenvalue weighted by molar-refractivity contribution is -0.144. The van der Waals surface area contributed by atoms with E-state index in [1.165, 1.54) is 19.3 Å². The predicted octanol–water partition coefficient (Wildman–Crippen LogP) is 3.83. The summed E-state index contributed by atoms with van der Waals surface area (Å²) in [6.07, 6.45) is 6.33. The molecule has 0 spiro atoms. The van der Waals surface area contributed by atoms with E-state index in [-0.39, 0.29) is 0 Å². The van der Waals surface area contributed by atoms with Crippen molar-refractivity contribution in [3.05, 3.63) is 29.8 Å². The van der Waals surface area contributed by atoms with Crippen LogP contribution in [0.2, 0.25) is 0 Å². The highest BCUT2D eigenvalue weighted by atomic mass is 16.4. The molecule has 3 rings (SSSR count). The molecule has 20 heavy (non-hydrogen) atoms. The smallest absolute Gasteiger partial charge is 0.329 e. The molecule has 0 amide bonds. The average Bonchev–Trinajstić information content (AvgIpc) is 3.26. The Morgan fingerprint density at radius 2 is 2.00 bits per heavy atom. The number of nitrogens with one attached hydrogen (secondary N) is 1. The molecule has 108 valence electrons. The average molecular weight is 273 g/mol. The molecule has 3 heteroatoms. The zero-order valence-corrected chi connectivity index (χ0v) is 12.1. The van der Waals surface area contributed by atoms with Gasteiger partial charge in [-0.05, 0) is 62.5 Å². The molecule has 2 N–H and O–H groups in total. The number of carboxylic acid groups (broad SMARTS) is 1. The number of hydrogen-bond donors (Lipinski definition) is 2. The van der Waals surface area contributed by atoms with E-state index >= 15 is 0 Å². The molecule has 0 bridgehead atoms. The summed E-state index contributed by atoms with van der Waals surface area (Å²) in [6.45, 7) is 2.03. The van der Waals surface area contributed by atoms with E-state index in [2.05, 4.69) is 5.32 Å². The summed E-state index contributed by atoms with van der Waals surface area (Å²) >= 11 is 0. The second kappa shape index (κ2) is 5.12. The van der Waals surface area contributed by atoms with Crippen molar-refractivity contribution < 1.29 is 9.90 Å². The van der Waals surface area contributed by atoms with Crippen molar-refractivity contribution in [2.75, 3.05) is 5.32 Å². The summed E-state index contributed by atoms with van der Waals surface area (Å²) in [4.78, 5) is 11.9. The third-order valence-electron chi connectivity index (χ3n) is 5.01. The monoisotopic (exact) mass is 273 g/mol. The van der Waals surface area contributed by atoms with Crippen molar-refractivity contribution in [1.82, 2.24) is 0 Å². The Labute approximate surface area is 120 Å². The van der Waals surface area contributed by atoms with Crippen LogP contribution in [0.5, 0.6) is 0 Å². The van der Waals surface area contributed by atoms with Gasteiger partial charge in [-0.25, -0.2) is 4.79 Å². The van der Waals surface area contributed by atoms with Gasteiger partial charge in [0.05, 0.1) is 0 Å². The summed E-state index contributed by atoms with van der Waals surface area (Å²) in [7, 11) is 0. The third kappa shape index (κ3) is 2.54. The molecule has 2 unspecified atom stereocenters. The standard InChI is InChI=1S/C17H23NO2/c1-12-5-2-3-7-15(12)18-17(16(19)20)10-4-6-14(11-17)13-8-9-13/h2-3,5,7,13-14,18H,4,6,8-11H2,1H3,(H,19,20). The first-order valence-electron chi connectivity index (χ1n) is 7.68. The number of anilines is 1. The Kier molecular flexibility index (Phi) is 3.45. The molecule has 0 saturated heterocycles. The lowest BCUT2D eigenvalue weighted by Crippen LogP contribution is -2.50. The van der Waals surface area contributed by atoms with Gasteiger partial charge >= 0.3 is 5.97 Å². The molecule has 2 fully saturated rings. The lowest BCUT2D eigenvalue weighted by atomic mass is 9.73. The van der Waals surface area contributed by atoms with Crippen molar-refractivity contribution in [2.24, 2.45) is 11.8 Å². The summed E-state index contributed by atoms with van der Waals surface area (Å²) in [5.41, 5.74) is 1.31. The van der Waals surface area contributed by atoms with Crippen LogP contribution in [0.3, 0.4) is 0 Å². The van der Waals surface area contributed by atoms with Crippen LogP contribution < -0.4 is 5.32 Å². The van der Waals surface area contributed by atoms with Gasteiger partial charge in [0, 0.05) is 5.69 Å². The topological polar surface area (TPSA) is 49.3 Å². The largest absolute Gasteiger partial charge is 0.480 e. The van der Waals surface area contributed by atoms with Gasteiger partial charge in [-0.1, -0.05) is 24.6 Å². The molecule has 2 saturated carbocycles. The highest BCUT2D eigenvalue weighted by Crippen LogP contribution is 2.47. The van der Waals surface area contributed by atoms with Crippen molar-refractivity contribution in [2.45, 2.75) is 51.0 Å². The van der Waals surface area contributed by atoms with E-state index in [0.29, 0.717) is 5.92 Å². The molecule has 0 aromatic heterocycles. The van der Waals surface area contributed by atoms with Crippen LogP contribution in [0.4, 0.5) is 5.69 Å². The maximum atomic E-state index is 11.9.